The molecule has 0 spiro atoms. The van der Waals surface area contributed by atoms with Gasteiger partial charge in [0.15, 0.2) is 0 Å². The first-order valence-corrected chi connectivity index (χ1v) is 21.6. The van der Waals surface area contributed by atoms with E-state index in [0.29, 0.717) is 18.1 Å². The van der Waals surface area contributed by atoms with E-state index in [1.165, 1.54) is 16.5 Å². The van der Waals surface area contributed by atoms with Gasteiger partial charge in [0.2, 0.25) is 0 Å². The van der Waals surface area contributed by atoms with Crippen molar-refractivity contribution in [1.29, 1.82) is 0 Å². The van der Waals surface area contributed by atoms with E-state index in [1.807, 2.05) is 6.07 Å². The Kier molecular flexibility index (Phi) is 10.1. The molecule has 50 heavy (non-hydrogen) atoms. The fraction of sp³-hybridized carbons (Fsp3) is 0.565. The van der Waals surface area contributed by atoms with Gasteiger partial charge in [0, 0.05) is 0 Å². The van der Waals surface area contributed by atoms with Crippen molar-refractivity contribution in [3.05, 3.63) is 88.5 Å². The Bertz CT molecular complexity index is 1880. The first kappa shape index (κ1) is 38.9. The van der Waals surface area contributed by atoms with E-state index < -0.39 is 17.9 Å². The van der Waals surface area contributed by atoms with Crippen LogP contribution in [0.3, 0.4) is 0 Å². The molecule has 0 aliphatic heterocycles. The van der Waals surface area contributed by atoms with Crippen molar-refractivity contribution >= 4 is 34.1 Å². The number of hydrogen-bond acceptors (Lipinski definition) is 3. The Morgan fingerprint density at radius 1 is 0.500 bits per heavy atom. The first-order chi connectivity index (χ1) is 23.1. The Morgan fingerprint density at radius 3 is 1.38 bits per heavy atom. The topological polar surface area (TPSA) is 60.7 Å². The predicted molar refractivity (Wildman–Crippen MR) is 219 cm³/mol. The molecule has 0 aromatic heterocycles. The van der Waals surface area contributed by atoms with E-state index in [-0.39, 0.29) is 16.2 Å². The third-order valence-corrected chi connectivity index (χ3v) is 17.4. The van der Waals surface area contributed by atoms with Crippen molar-refractivity contribution in [2.45, 2.75) is 168 Å². The van der Waals surface area contributed by atoms with Crippen LogP contribution in [0.2, 0.25) is 0 Å². The van der Waals surface area contributed by atoms with Crippen molar-refractivity contribution in [1.82, 2.24) is 0 Å². The molecular weight excluding hydrogens is 631 g/mol. The molecule has 0 radical (unpaired) electrons. The van der Waals surface area contributed by atoms with E-state index in [0.717, 1.165) is 77.8 Å². The summed E-state index contributed by atoms with van der Waals surface area (Å²) in [5.74, 6) is 0. The molecule has 274 valence electrons. The third kappa shape index (κ3) is 6.38. The van der Waals surface area contributed by atoms with Crippen LogP contribution in [0, 0.1) is 0 Å². The van der Waals surface area contributed by atoms with Gasteiger partial charge in [-0.25, -0.2) is 0 Å². The van der Waals surface area contributed by atoms with Crippen LogP contribution in [0.4, 0.5) is 0 Å². The Labute approximate surface area is 304 Å². The first-order valence-electron chi connectivity index (χ1n) is 19.5. The second-order valence-corrected chi connectivity index (χ2v) is 21.7. The van der Waals surface area contributed by atoms with Gasteiger partial charge in [-0.15, -0.1) is 0 Å². The van der Waals surface area contributed by atoms with E-state index in [1.54, 1.807) is 0 Å². The van der Waals surface area contributed by atoms with E-state index in [9.17, 15) is 14.7 Å². The van der Waals surface area contributed by atoms with Gasteiger partial charge in [-0.2, -0.15) is 0 Å². The summed E-state index contributed by atoms with van der Waals surface area (Å²) in [6, 6.07) is 22.0. The zero-order valence-electron chi connectivity index (χ0n) is 33.4. The number of fused-ring (bicyclic) bond motifs is 2. The normalized spacial score (nSPS) is 17.2. The Balaban J connectivity index is 1.88. The fourth-order valence-corrected chi connectivity index (χ4v) is 11.7. The van der Waals surface area contributed by atoms with Crippen molar-refractivity contribution in [2.75, 3.05) is 0 Å². The SMILES string of the molecule is CCC(C)(C)c1ccc2cc(C3(P(O)(O)(O)c4cc5ccc(C(C)(C)CC)cc5cc4C(C)(C)CC)CCCCC3)c(C(C)(C)CC)cc2c1. The summed E-state index contributed by atoms with van der Waals surface area (Å²) in [4.78, 5) is 40.1. The maximum absolute atomic E-state index is 13.4. The van der Waals surface area contributed by atoms with Gasteiger partial charge in [-0.3, -0.25) is 0 Å². The molecule has 4 aromatic rings. The second kappa shape index (κ2) is 13.0. The predicted octanol–water partition coefficient (Wildman–Crippen LogP) is 12.5. The Hall–Kier alpha value is -2.29. The number of benzene rings is 4. The van der Waals surface area contributed by atoms with Crippen LogP contribution in [0.5, 0.6) is 0 Å². The van der Waals surface area contributed by atoms with Crippen LogP contribution >= 0.6 is 7.28 Å². The summed E-state index contributed by atoms with van der Waals surface area (Å²) in [6.07, 6.45) is 7.50. The molecular formula is C46H67O3P. The molecule has 0 saturated heterocycles. The molecule has 5 rings (SSSR count). The van der Waals surface area contributed by atoms with Crippen LogP contribution in [0.15, 0.2) is 60.7 Å². The van der Waals surface area contributed by atoms with Gasteiger partial charge < -0.3 is 0 Å². The molecule has 1 aliphatic carbocycles. The molecule has 1 fully saturated rings. The minimum atomic E-state index is -5.70. The van der Waals surface area contributed by atoms with Gasteiger partial charge in [-0.05, 0) is 0 Å². The van der Waals surface area contributed by atoms with Gasteiger partial charge >= 0.3 is 305 Å². The summed E-state index contributed by atoms with van der Waals surface area (Å²) < 4.78 is 0. The van der Waals surface area contributed by atoms with Crippen LogP contribution in [0.1, 0.15) is 169 Å². The fourth-order valence-electron chi connectivity index (χ4n) is 8.31. The third-order valence-electron chi connectivity index (χ3n) is 13.9. The molecule has 0 atom stereocenters. The van der Waals surface area contributed by atoms with Gasteiger partial charge in [0.25, 0.3) is 0 Å². The average Bonchev–Trinajstić information content (AvgIpc) is 3.09. The van der Waals surface area contributed by atoms with Gasteiger partial charge in [-0.1, -0.05) is 0 Å². The molecule has 3 nitrogen and oxygen atoms in total. The maximum atomic E-state index is 13.4. The number of hydrogen-bond donors (Lipinski definition) is 3. The van der Waals surface area contributed by atoms with Gasteiger partial charge in [0.05, 0.1) is 0 Å². The minimum absolute atomic E-state index is 0.0230. The zero-order chi connectivity index (χ0) is 37.2. The summed E-state index contributed by atoms with van der Waals surface area (Å²) in [7, 11) is -5.70. The molecule has 0 bridgehead atoms. The molecule has 4 heteroatoms. The quantitative estimate of drug-likeness (QED) is 0.137. The Morgan fingerprint density at radius 2 is 0.920 bits per heavy atom. The van der Waals surface area contributed by atoms with Crippen molar-refractivity contribution in [2.24, 2.45) is 0 Å². The van der Waals surface area contributed by atoms with Crippen LogP contribution in [-0.4, -0.2) is 14.7 Å². The average molecular weight is 699 g/mol. The molecule has 1 aliphatic rings. The van der Waals surface area contributed by atoms with Gasteiger partial charge in [0.1, 0.15) is 0 Å². The molecule has 0 unspecified atom stereocenters. The van der Waals surface area contributed by atoms with Crippen molar-refractivity contribution < 1.29 is 14.7 Å². The van der Waals surface area contributed by atoms with Crippen LogP contribution in [0.25, 0.3) is 21.5 Å². The van der Waals surface area contributed by atoms with Crippen molar-refractivity contribution in [3.8, 4) is 0 Å². The summed E-state index contributed by atoms with van der Waals surface area (Å²) in [5, 5.41) is 3.40. The summed E-state index contributed by atoms with van der Waals surface area (Å²) in [6.45, 7) is 26.9. The second-order valence-electron chi connectivity index (χ2n) is 18.4. The summed E-state index contributed by atoms with van der Waals surface area (Å²) in [5.41, 5.74) is 4.90. The molecule has 3 N–H and O–H groups in total. The van der Waals surface area contributed by atoms with E-state index in [2.05, 4.69) is 138 Å². The van der Waals surface area contributed by atoms with E-state index in [4.69, 9.17) is 0 Å². The zero-order valence-corrected chi connectivity index (χ0v) is 34.3. The molecule has 0 heterocycles. The molecule has 4 aromatic carbocycles. The monoisotopic (exact) mass is 698 g/mol. The standard InChI is InChI=1S/C46H67O3P/c1-13-42(5,6)36-22-20-32-28-39(38(29-34(32)26-36)44(9,10)15-3)46(24-18-17-19-25-46)50(47,48,49)41-31-33-21-23-37(43(7,8)14-2)27-35(33)30-40(41)45(11,12)16-4/h20-23,26-31,47-49H,13-19,24-25H2,1-12H3. The van der Waals surface area contributed by atoms with Crippen molar-refractivity contribution in [3.63, 3.8) is 0 Å². The molecule has 1 saturated carbocycles. The van der Waals surface area contributed by atoms with Crippen LogP contribution in [-0.2, 0) is 26.8 Å². The van der Waals surface area contributed by atoms with Crippen LogP contribution < -0.4 is 5.30 Å². The number of rotatable bonds is 11. The summed E-state index contributed by atoms with van der Waals surface area (Å²) >= 11 is 0. The molecule has 0 amide bonds. The van der Waals surface area contributed by atoms with E-state index >= 15 is 0 Å².